The van der Waals surface area contributed by atoms with Crippen molar-refractivity contribution in [2.45, 2.75) is 12.8 Å². The lowest BCUT2D eigenvalue weighted by molar-refractivity contribution is -0.121. The Morgan fingerprint density at radius 3 is 2.82 bits per heavy atom. The molecule has 0 saturated carbocycles. The van der Waals surface area contributed by atoms with Gasteiger partial charge in [-0.1, -0.05) is 12.1 Å². The van der Waals surface area contributed by atoms with Crippen molar-refractivity contribution in [2.24, 2.45) is 0 Å². The predicted octanol–water partition coefficient (Wildman–Crippen LogP) is 1.61. The lowest BCUT2D eigenvalue weighted by Crippen LogP contribution is -2.36. The van der Waals surface area contributed by atoms with Crippen LogP contribution in [0.25, 0.3) is 5.69 Å². The van der Waals surface area contributed by atoms with E-state index in [1.165, 1.54) is 11.0 Å². The highest BCUT2D eigenvalue weighted by Gasteiger charge is 2.27. The molecule has 0 spiro atoms. The molecule has 0 unspecified atom stereocenters. The molecule has 2 rings (SSSR count). The quantitative estimate of drug-likeness (QED) is 0.739. The van der Waals surface area contributed by atoms with Crippen LogP contribution in [0.15, 0.2) is 30.5 Å². The van der Waals surface area contributed by atoms with Crippen LogP contribution in [0.4, 0.5) is 19.0 Å². The molecule has 0 aliphatic heterocycles. The van der Waals surface area contributed by atoms with E-state index >= 15 is 0 Å². The molecular weight excluding hydrogens is 319 g/mol. The summed E-state index contributed by atoms with van der Waals surface area (Å²) in [7, 11) is 0. The Morgan fingerprint density at radius 2 is 2.14 bits per heavy atom. The molecule has 10 heteroatoms. The molecule has 6 nitrogen and oxygen atoms in total. The Kier molecular flexibility index (Phi) is 4.93. The van der Waals surface area contributed by atoms with Gasteiger partial charge in [-0.15, -0.1) is 9.90 Å². The minimum atomic E-state index is -4.35. The number of alkyl halides is 3. The van der Waals surface area contributed by atoms with Gasteiger partial charge >= 0.3 is 6.18 Å². The van der Waals surface area contributed by atoms with Crippen LogP contribution < -0.4 is 10.6 Å². The highest BCUT2D eigenvalue weighted by molar-refractivity contribution is 7.80. The summed E-state index contributed by atoms with van der Waals surface area (Å²) in [5, 5.41) is 21.4. The zero-order valence-corrected chi connectivity index (χ0v) is 11.9. The number of hydrogen-bond acceptors (Lipinski definition) is 4. The SMILES string of the molecule is OCc1cccc(-n2ncc(NC(=S)NCC(F)(F)F)n2)c1. The van der Waals surface area contributed by atoms with Gasteiger partial charge in [-0.05, 0) is 29.9 Å². The highest BCUT2D eigenvalue weighted by Crippen LogP contribution is 2.13. The normalized spacial score (nSPS) is 11.3. The first-order valence-corrected chi connectivity index (χ1v) is 6.52. The molecule has 3 N–H and O–H groups in total. The van der Waals surface area contributed by atoms with E-state index in [1.807, 2.05) is 5.32 Å². The first-order valence-electron chi connectivity index (χ1n) is 6.11. The van der Waals surface area contributed by atoms with Gasteiger partial charge in [0.2, 0.25) is 0 Å². The standard InChI is InChI=1S/C12H12F3N5OS/c13-12(14,15)7-16-11(22)18-10-5-17-20(19-10)9-3-1-2-8(4-9)6-21/h1-5,21H,6-7H2,(H2,16,18,19,22). The molecule has 22 heavy (non-hydrogen) atoms. The van der Waals surface area contributed by atoms with Crippen LogP contribution >= 0.6 is 12.2 Å². The monoisotopic (exact) mass is 331 g/mol. The number of aliphatic hydroxyl groups excluding tert-OH is 1. The summed E-state index contributed by atoms with van der Waals surface area (Å²) in [6.07, 6.45) is -3.03. The molecule has 0 aliphatic carbocycles. The smallest absolute Gasteiger partial charge is 0.392 e. The Balaban J connectivity index is 2.00. The second-order valence-corrected chi connectivity index (χ2v) is 4.68. The van der Waals surface area contributed by atoms with Crippen molar-refractivity contribution in [2.75, 3.05) is 11.9 Å². The van der Waals surface area contributed by atoms with E-state index in [4.69, 9.17) is 17.3 Å². The third-order valence-corrected chi connectivity index (χ3v) is 2.75. The van der Waals surface area contributed by atoms with Gasteiger partial charge in [0.15, 0.2) is 10.9 Å². The van der Waals surface area contributed by atoms with Crippen molar-refractivity contribution >= 4 is 23.1 Å². The molecule has 2 aromatic rings. The number of aromatic nitrogens is 3. The number of nitrogens with one attached hydrogen (secondary N) is 2. The van der Waals surface area contributed by atoms with Crippen molar-refractivity contribution in [3.8, 4) is 5.69 Å². The molecule has 0 aliphatic rings. The first-order chi connectivity index (χ1) is 10.4. The van der Waals surface area contributed by atoms with Gasteiger partial charge in [-0.3, -0.25) is 0 Å². The third-order valence-electron chi connectivity index (χ3n) is 2.51. The maximum absolute atomic E-state index is 12.0. The molecule has 1 aromatic carbocycles. The fraction of sp³-hybridized carbons (Fsp3) is 0.250. The van der Waals surface area contributed by atoms with Crippen LogP contribution in [-0.4, -0.2) is 37.9 Å². The lowest BCUT2D eigenvalue weighted by Gasteiger charge is -2.10. The van der Waals surface area contributed by atoms with Crippen molar-refractivity contribution in [1.82, 2.24) is 20.3 Å². The fourth-order valence-electron chi connectivity index (χ4n) is 1.56. The zero-order valence-electron chi connectivity index (χ0n) is 11.1. The molecule has 1 aromatic heterocycles. The van der Waals surface area contributed by atoms with Crippen molar-refractivity contribution in [3.63, 3.8) is 0 Å². The molecule has 0 atom stereocenters. The third kappa shape index (κ3) is 4.67. The Hall–Kier alpha value is -2.20. The number of anilines is 1. The average Bonchev–Trinajstić information content (AvgIpc) is 2.93. The summed E-state index contributed by atoms with van der Waals surface area (Å²) >= 11 is 4.74. The first kappa shape index (κ1) is 16.2. The van der Waals surface area contributed by atoms with E-state index in [-0.39, 0.29) is 17.5 Å². The van der Waals surface area contributed by atoms with E-state index in [0.29, 0.717) is 11.3 Å². The minimum Gasteiger partial charge on any atom is -0.392 e. The van der Waals surface area contributed by atoms with Gasteiger partial charge in [0.1, 0.15) is 6.54 Å². The molecule has 0 saturated heterocycles. The van der Waals surface area contributed by atoms with Gasteiger partial charge in [-0.25, -0.2) is 0 Å². The minimum absolute atomic E-state index is 0.119. The summed E-state index contributed by atoms with van der Waals surface area (Å²) in [6.45, 7) is -1.35. The number of hydrogen-bond donors (Lipinski definition) is 3. The van der Waals surface area contributed by atoms with Gasteiger partial charge < -0.3 is 15.7 Å². The molecule has 1 heterocycles. The number of nitrogens with zero attached hydrogens (tertiary/aromatic N) is 3. The van der Waals surface area contributed by atoms with Crippen LogP contribution in [0, 0.1) is 0 Å². The van der Waals surface area contributed by atoms with E-state index in [2.05, 4.69) is 15.5 Å². The van der Waals surface area contributed by atoms with Crippen LogP contribution in [0.1, 0.15) is 5.56 Å². The molecule has 0 fully saturated rings. The van der Waals surface area contributed by atoms with Crippen molar-refractivity contribution in [1.29, 1.82) is 0 Å². The summed E-state index contributed by atoms with van der Waals surface area (Å²) < 4.78 is 36.1. The summed E-state index contributed by atoms with van der Waals surface area (Å²) in [6, 6.07) is 6.88. The number of thiocarbonyl (C=S) groups is 1. The van der Waals surface area contributed by atoms with Crippen LogP contribution in [0.5, 0.6) is 0 Å². The summed E-state index contributed by atoms with van der Waals surface area (Å²) in [5.41, 5.74) is 1.29. The fourth-order valence-corrected chi connectivity index (χ4v) is 1.74. The number of halogens is 3. The number of rotatable bonds is 4. The van der Waals surface area contributed by atoms with E-state index < -0.39 is 12.7 Å². The van der Waals surface area contributed by atoms with Gasteiger partial charge in [-0.2, -0.15) is 18.3 Å². The van der Waals surface area contributed by atoms with Crippen LogP contribution in [0.2, 0.25) is 0 Å². The maximum Gasteiger partial charge on any atom is 0.405 e. The second kappa shape index (κ2) is 6.71. The predicted molar refractivity (Wildman–Crippen MR) is 77.6 cm³/mol. The van der Waals surface area contributed by atoms with Gasteiger partial charge in [0.05, 0.1) is 18.5 Å². The van der Waals surface area contributed by atoms with Crippen LogP contribution in [-0.2, 0) is 6.61 Å². The van der Waals surface area contributed by atoms with E-state index in [9.17, 15) is 13.2 Å². The van der Waals surface area contributed by atoms with E-state index in [0.717, 1.165) is 0 Å². The van der Waals surface area contributed by atoms with Crippen LogP contribution in [0.3, 0.4) is 0 Å². The zero-order chi connectivity index (χ0) is 16.2. The van der Waals surface area contributed by atoms with Crippen molar-refractivity contribution < 1.29 is 18.3 Å². The van der Waals surface area contributed by atoms with Crippen molar-refractivity contribution in [3.05, 3.63) is 36.0 Å². The molecule has 0 bridgehead atoms. The van der Waals surface area contributed by atoms with Gasteiger partial charge in [0.25, 0.3) is 0 Å². The van der Waals surface area contributed by atoms with E-state index in [1.54, 1.807) is 24.3 Å². The number of benzene rings is 1. The molecular formula is C12H12F3N5OS. The molecule has 0 amide bonds. The average molecular weight is 331 g/mol. The topological polar surface area (TPSA) is 75.0 Å². The summed E-state index contributed by atoms with van der Waals surface area (Å²) in [4.78, 5) is 1.27. The molecule has 0 radical (unpaired) electrons. The Labute approximate surface area is 128 Å². The highest BCUT2D eigenvalue weighted by atomic mass is 32.1. The number of aliphatic hydroxyl groups is 1. The Morgan fingerprint density at radius 1 is 1.36 bits per heavy atom. The maximum atomic E-state index is 12.0. The molecule has 118 valence electrons. The summed E-state index contributed by atoms with van der Waals surface area (Å²) in [5.74, 6) is 0.203. The largest absolute Gasteiger partial charge is 0.405 e. The Bertz CT molecular complexity index is 658. The lowest BCUT2D eigenvalue weighted by atomic mass is 10.2. The second-order valence-electron chi connectivity index (χ2n) is 4.27. The van der Waals surface area contributed by atoms with Gasteiger partial charge in [0, 0.05) is 0 Å².